The molecule has 1 unspecified atom stereocenters. The van der Waals surface area contributed by atoms with Crippen LogP contribution in [0, 0.1) is 6.92 Å². The quantitative estimate of drug-likeness (QED) is 0.828. The molecule has 0 saturated carbocycles. The van der Waals surface area contributed by atoms with Gasteiger partial charge in [-0.3, -0.25) is 0 Å². The maximum absolute atomic E-state index is 5.73. The summed E-state index contributed by atoms with van der Waals surface area (Å²) in [4.78, 5) is 8.59. The SMILES string of the molecule is Cc1nnc(Sc2ncc(CC(C)N)cn2)n1C. The molecule has 2 rings (SSSR count). The van der Waals surface area contributed by atoms with Gasteiger partial charge in [0.2, 0.25) is 0 Å². The van der Waals surface area contributed by atoms with Crippen molar-refractivity contribution >= 4 is 11.8 Å². The van der Waals surface area contributed by atoms with Crippen LogP contribution in [-0.4, -0.2) is 30.8 Å². The van der Waals surface area contributed by atoms with Gasteiger partial charge in [0, 0.05) is 25.5 Å². The highest BCUT2D eigenvalue weighted by Gasteiger charge is 2.09. The molecule has 0 aliphatic heterocycles. The lowest BCUT2D eigenvalue weighted by atomic mass is 10.1. The zero-order valence-corrected chi connectivity index (χ0v) is 11.5. The summed E-state index contributed by atoms with van der Waals surface area (Å²) >= 11 is 1.40. The van der Waals surface area contributed by atoms with E-state index < -0.39 is 0 Å². The molecule has 2 heterocycles. The van der Waals surface area contributed by atoms with Gasteiger partial charge in [-0.1, -0.05) is 0 Å². The molecule has 7 heteroatoms. The first kappa shape index (κ1) is 13.0. The van der Waals surface area contributed by atoms with E-state index in [1.165, 1.54) is 11.8 Å². The Hall–Kier alpha value is -1.47. The molecular weight excluding hydrogens is 248 g/mol. The van der Waals surface area contributed by atoms with Crippen molar-refractivity contribution in [3.63, 3.8) is 0 Å². The first-order valence-electron chi connectivity index (χ1n) is 5.66. The van der Waals surface area contributed by atoms with Crippen molar-refractivity contribution in [2.45, 2.75) is 36.6 Å². The van der Waals surface area contributed by atoms with Gasteiger partial charge in [-0.05, 0) is 37.6 Å². The molecule has 0 radical (unpaired) electrons. The van der Waals surface area contributed by atoms with Gasteiger partial charge in [0.15, 0.2) is 10.3 Å². The Balaban J connectivity index is 2.08. The van der Waals surface area contributed by atoms with Crippen molar-refractivity contribution in [3.8, 4) is 0 Å². The topological polar surface area (TPSA) is 82.5 Å². The van der Waals surface area contributed by atoms with Gasteiger partial charge in [0.05, 0.1) is 0 Å². The highest BCUT2D eigenvalue weighted by atomic mass is 32.2. The lowest BCUT2D eigenvalue weighted by Gasteiger charge is -2.04. The first-order valence-corrected chi connectivity index (χ1v) is 6.48. The molecule has 0 bridgehead atoms. The number of hydrogen-bond donors (Lipinski definition) is 1. The summed E-state index contributed by atoms with van der Waals surface area (Å²) < 4.78 is 1.91. The lowest BCUT2D eigenvalue weighted by Crippen LogP contribution is -2.18. The van der Waals surface area contributed by atoms with E-state index in [0.29, 0.717) is 5.16 Å². The molecule has 0 aliphatic carbocycles. The molecule has 2 aromatic heterocycles. The van der Waals surface area contributed by atoms with Crippen LogP contribution in [0.2, 0.25) is 0 Å². The van der Waals surface area contributed by atoms with Gasteiger partial charge in [0.1, 0.15) is 5.82 Å². The molecule has 0 spiro atoms. The minimum atomic E-state index is 0.119. The second-order valence-corrected chi connectivity index (χ2v) is 5.18. The number of nitrogens with two attached hydrogens (primary N) is 1. The molecule has 0 fully saturated rings. The Morgan fingerprint density at radius 1 is 1.33 bits per heavy atom. The third kappa shape index (κ3) is 3.05. The molecule has 0 saturated heterocycles. The fourth-order valence-electron chi connectivity index (χ4n) is 1.43. The Morgan fingerprint density at radius 2 is 2.00 bits per heavy atom. The van der Waals surface area contributed by atoms with E-state index >= 15 is 0 Å². The predicted molar refractivity (Wildman–Crippen MR) is 69.2 cm³/mol. The molecule has 0 amide bonds. The first-order chi connectivity index (χ1) is 8.56. The predicted octanol–water partition coefficient (Wildman–Crippen LogP) is 0.954. The van der Waals surface area contributed by atoms with E-state index in [1.54, 1.807) is 0 Å². The largest absolute Gasteiger partial charge is 0.328 e. The third-order valence-electron chi connectivity index (χ3n) is 2.47. The van der Waals surface area contributed by atoms with Crippen molar-refractivity contribution < 1.29 is 0 Å². The lowest BCUT2D eigenvalue weighted by molar-refractivity contribution is 0.726. The Bertz CT molecular complexity index is 519. The fourth-order valence-corrected chi connectivity index (χ4v) is 2.16. The summed E-state index contributed by atoms with van der Waals surface area (Å²) in [6, 6.07) is 0.119. The van der Waals surface area contributed by atoms with Gasteiger partial charge >= 0.3 is 0 Å². The normalized spacial score (nSPS) is 12.7. The Labute approximate surface area is 110 Å². The Morgan fingerprint density at radius 3 is 2.50 bits per heavy atom. The number of hydrogen-bond acceptors (Lipinski definition) is 6. The van der Waals surface area contributed by atoms with E-state index in [0.717, 1.165) is 23.0 Å². The molecule has 2 N–H and O–H groups in total. The van der Waals surface area contributed by atoms with E-state index in [1.807, 2.05) is 37.9 Å². The fraction of sp³-hybridized carbons (Fsp3) is 0.455. The van der Waals surface area contributed by atoms with Gasteiger partial charge in [-0.2, -0.15) is 0 Å². The molecule has 1 atom stereocenters. The van der Waals surface area contributed by atoms with Crippen LogP contribution in [0.4, 0.5) is 0 Å². The van der Waals surface area contributed by atoms with E-state index in [-0.39, 0.29) is 6.04 Å². The smallest absolute Gasteiger partial charge is 0.198 e. The van der Waals surface area contributed by atoms with Crippen molar-refractivity contribution in [2.24, 2.45) is 12.8 Å². The third-order valence-corrected chi connectivity index (χ3v) is 3.41. The van der Waals surface area contributed by atoms with Crippen LogP contribution < -0.4 is 5.73 Å². The molecule has 6 nitrogen and oxygen atoms in total. The standard InChI is InChI=1S/C11H16N6S/c1-7(12)4-9-5-13-10(14-6-9)18-11-16-15-8(2)17(11)3/h5-7H,4,12H2,1-3H3. The summed E-state index contributed by atoms with van der Waals surface area (Å²) in [5.74, 6) is 0.867. The van der Waals surface area contributed by atoms with Gasteiger partial charge < -0.3 is 10.3 Å². The van der Waals surface area contributed by atoms with E-state index in [2.05, 4.69) is 20.2 Å². The average molecular weight is 264 g/mol. The van der Waals surface area contributed by atoms with E-state index in [4.69, 9.17) is 5.73 Å². The van der Waals surface area contributed by atoms with Crippen LogP contribution in [0.15, 0.2) is 22.7 Å². The van der Waals surface area contributed by atoms with Crippen LogP contribution in [0.1, 0.15) is 18.3 Å². The highest BCUT2D eigenvalue weighted by molar-refractivity contribution is 7.99. The second-order valence-electron chi connectivity index (χ2n) is 4.25. The minimum absolute atomic E-state index is 0.119. The zero-order chi connectivity index (χ0) is 13.1. The number of aryl methyl sites for hydroxylation is 1. The summed E-state index contributed by atoms with van der Waals surface area (Å²) in [7, 11) is 1.92. The molecule has 18 heavy (non-hydrogen) atoms. The molecular formula is C11H16N6S. The highest BCUT2D eigenvalue weighted by Crippen LogP contribution is 2.22. The van der Waals surface area contributed by atoms with Gasteiger partial charge in [-0.15, -0.1) is 10.2 Å². The van der Waals surface area contributed by atoms with Crippen LogP contribution >= 0.6 is 11.8 Å². The summed E-state index contributed by atoms with van der Waals surface area (Å²) in [5.41, 5.74) is 6.77. The zero-order valence-electron chi connectivity index (χ0n) is 10.7. The van der Waals surface area contributed by atoms with Crippen molar-refractivity contribution in [1.29, 1.82) is 0 Å². The van der Waals surface area contributed by atoms with Crippen molar-refractivity contribution in [3.05, 3.63) is 23.8 Å². The summed E-state index contributed by atoms with van der Waals surface area (Å²) in [6.07, 6.45) is 4.40. The van der Waals surface area contributed by atoms with Crippen LogP contribution in [-0.2, 0) is 13.5 Å². The number of aromatic nitrogens is 5. The maximum atomic E-state index is 5.73. The second kappa shape index (κ2) is 5.45. The van der Waals surface area contributed by atoms with Crippen LogP contribution in [0.25, 0.3) is 0 Å². The van der Waals surface area contributed by atoms with Gasteiger partial charge in [-0.25, -0.2) is 9.97 Å². The van der Waals surface area contributed by atoms with E-state index in [9.17, 15) is 0 Å². The molecule has 0 aliphatic rings. The molecule has 2 aromatic rings. The molecule has 0 aromatic carbocycles. The monoisotopic (exact) mass is 264 g/mol. The Kier molecular flexibility index (Phi) is 3.93. The minimum Gasteiger partial charge on any atom is -0.328 e. The molecule has 96 valence electrons. The average Bonchev–Trinajstić information content (AvgIpc) is 2.63. The summed E-state index contributed by atoms with van der Waals surface area (Å²) in [5, 5.41) is 9.50. The van der Waals surface area contributed by atoms with Crippen molar-refractivity contribution in [1.82, 2.24) is 24.7 Å². The van der Waals surface area contributed by atoms with Crippen LogP contribution in [0.3, 0.4) is 0 Å². The van der Waals surface area contributed by atoms with Crippen LogP contribution in [0.5, 0.6) is 0 Å². The summed E-state index contributed by atoms with van der Waals surface area (Å²) in [6.45, 7) is 3.87. The van der Waals surface area contributed by atoms with Crippen molar-refractivity contribution in [2.75, 3.05) is 0 Å². The maximum Gasteiger partial charge on any atom is 0.198 e. The number of nitrogens with zero attached hydrogens (tertiary/aromatic N) is 5. The number of rotatable bonds is 4. The van der Waals surface area contributed by atoms with Gasteiger partial charge in [0.25, 0.3) is 0 Å².